The van der Waals surface area contributed by atoms with Crippen molar-refractivity contribution in [3.63, 3.8) is 0 Å². The fraction of sp³-hybridized carbons (Fsp3) is 0.462. The van der Waals surface area contributed by atoms with Crippen molar-refractivity contribution in [1.29, 1.82) is 5.26 Å². The van der Waals surface area contributed by atoms with E-state index in [4.69, 9.17) is 10.00 Å². The maximum Gasteiger partial charge on any atom is 0.414 e. The van der Waals surface area contributed by atoms with Crippen LogP contribution in [-0.4, -0.2) is 68.5 Å². The van der Waals surface area contributed by atoms with Crippen molar-refractivity contribution in [3.05, 3.63) is 53.2 Å². The van der Waals surface area contributed by atoms with Crippen LogP contribution in [0.1, 0.15) is 62.3 Å². The van der Waals surface area contributed by atoms with Crippen molar-refractivity contribution in [3.8, 4) is 6.07 Å². The van der Waals surface area contributed by atoms with E-state index in [1.807, 2.05) is 6.07 Å². The third-order valence-electron chi connectivity index (χ3n) is 5.65. The molecule has 2 amide bonds. The molecule has 0 fully saturated rings. The second-order valence-electron chi connectivity index (χ2n) is 10.4. The number of nitriles is 1. The predicted molar refractivity (Wildman–Crippen MR) is 149 cm³/mol. The number of amides is 2. The zero-order chi connectivity index (χ0) is 29.5. The van der Waals surface area contributed by atoms with Crippen molar-refractivity contribution in [2.24, 2.45) is 9.36 Å². The van der Waals surface area contributed by atoms with Crippen LogP contribution in [0.5, 0.6) is 0 Å². The monoisotopic (exact) mass is 572 g/mol. The number of hydrogen-bond acceptors (Lipinski definition) is 10. The summed E-state index contributed by atoms with van der Waals surface area (Å²) >= 11 is 0. The third-order valence-corrected chi connectivity index (χ3v) is 7.05. The van der Waals surface area contributed by atoms with Gasteiger partial charge < -0.3 is 15.0 Å². The Bertz CT molecular complexity index is 1410. The number of pyridine rings is 2. The molecule has 3 rings (SSSR count). The minimum Gasteiger partial charge on any atom is -0.444 e. The highest BCUT2D eigenvalue weighted by molar-refractivity contribution is 7.74. The molecule has 12 nitrogen and oxygen atoms in total. The molecule has 2 N–H and O–H groups in total. The summed E-state index contributed by atoms with van der Waals surface area (Å²) in [5, 5.41) is 14.1. The predicted octanol–water partition coefficient (Wildman–Crippen LogP) is 3.23. The number of hydrogen-bond donors (Lipinski definition) is 3. The number of alkyl carbamates (subject to hydrolysis) is 1. The first-order chi connectivity index (χ1) is 18.8. The summed E-state index contributed by atoms with van der Waals surface area (Å²) in [6.45, 7) is 7.55. The first-order valence-corrected chi connectivity index (χ1v) is 14.0. The lowest BCUT2D eigenvalue weighted by Crippen LogP contribution is -2.46. The van der Waals surface area contributed by atoms with Crippen LogP contribution in [0.2, 0.25) is 0 Å². The van der Waals surface area contributed by atoms with Crippen molar-refractivity contribution in [1.82, 2.24) is 20.2 Å². The lowest BCUT2D eigenvalue weighted by atomic mass is 10.00. The number of thiol groups is 1. The molecule has 40 heavy (non-hydrogen) atoms. The number of guanidine groups is 1. The van der Waals surface area contributed by atoms with Crippen LogP contribution in [0.3, 0.4) is 0 Å². The molecule has 0 bridgehead atoms. The molecule has 0 aromatic carbocycles. The van der Waals surface area contributed by atoms with Crippen LogP contribution in [-0.2, 0) is 20.9 Å². The van der Waals surface area contributed by atoms with Gasteiger partial charge in [0.15, 0.2) is 0 Å². The average Bonchev–Trinajstić information content (AvgIpc) is 2.89. The maximum absolute atomic E-state index is 15.3. The van der Waals surface area contributed by atoms with Gasteiger partial charge in [-0.15, -0.1) is 0 Å². The summed E-state index contributed by atoms with van der Waals surface area (Å²) in [4.78, 5) is 40.0. The Morgan fingerprint density at radius 2 is 1.95 bits per heavy atom. The maximum atomic E-state index is 15.3. The van der Waals surface area contributed by atoms with Crippen molar-refractivity contribution < 1.29 is 22.9 Å². The largest absolute Gasteiger partial charge is 0.444 e. The summed E-state index contributed by atoms with van der Waals surface area (Å²) in [5.41, 5.74) is -2.22. The molecular formula is C26H33FN8O4S. The number of halogens is 1. The van der Waals surface area contributed by atoms with Crippen LogP contribution in [0, 0.1) is 17.1 Å². The Morgan fingerprint density at radius 1 is 1.20 bits per heavy atom. The first-order valence-electron chi connectivity index (χ1n) is 12.6. The van der Waals surface area contributed by atoms with Gasteiger partial charge in [-0.2, -0.15) is 5.26 Å². The van der Waals surface area contributed by atoms with Crippen LogP contribution >= 0.6 is 0 Å². The number of rotatable bonds is 3. The fourth-order valence-corrected chi connectivity index (χ4v) is 4.94. The van der Waals surface area contributed by atoms with E-state index in [1.54, 1.807) is 32.7 Å². The van der Waals surface area contributed by atoms with Crippen LogP contribution in [0.4, 0.5) is 15.0 Å². The molecule has 2 aromatic rings. The van der Waals surface area contributed by atoms with Gasteiger partial charge in [0.2, 0.25) is 5.96 Å². The fourth-order valence-electron chi connectivity index (χ4n) is 3.73. The zero-order valence-corrected chi connectivity index (χ0v) is 24.0. The number of aliphatic imine (C=N–C) groups is 1. The average molecular weight is 573 g/mol. The Morgan fingerprint density at radius 3 is 2.60 bits per heavy atom. The first kappa shape index (κ1) is 30.4. The molecule has 0 saturated carbocycles. The van der Waals surface area contributed by atoms with E-state index in [9.17, 15) is 13.8 Å². The van der Waals surface area contributed by atoms with Gasteiger partial charge >= 0.3 is 6.09 Å². The summed E-state index contributed by atoms with van der Waals surface area (Å²) in [5.74, 6) is -1.49. The van der Waals surface area contributed by atoms with Gasteiger partial charge in [-0.3, -0.25) is 14.3 Å². The highest BCUT2D eigenvalue weighted by atomic mass is 32.2. The quantitative estimate of drug-likeness (QED) is 0.472. The van der Waals surface area contributed by atoms with Crippen molar-refractivity contribution >= 4 is 34.4 Å². The molecule has 3 heterocycles. The summed E-state index contributed by atoms with van der Waals surface area (Å²) < 4.78 is 37.9. The van der Waals surface area contributed by atoms with E-state index in [0.29, 0.717) is 25.9 Å². The highest BCUT2D eigenvalue weighted by Crippen LogP contribution is 2.29. The van der Waals surface area contributed by atoms with E-state index in [0.717, 1.165) is 6.07 Å². The number of ether oxygens (including phenoxy) is 1. The van der Waals surface area contributed by atoms with E-state index in [2.05, 4.69) is 30.0 Å². The molecular weight excluding hydrogens is 539 g/mol. The number of carbonyl (C=O) groups is 2. The van der Waals surface area contributed by atoms with Gasteiger partial charge in [0.05, 0.1) is 11.3 Å². The van der Waals surface area contributed by atoms with Gasteiger partial charge in [0.1, 0.15) is 40.2 Å². The number of nitrogens with zero attached hydrogens (tertiary/aromatic N) is 6. The highest BCUT2D eigenvalue weighted by Gasteiger charge is 2.34. The summed E-state index contributed by atoms with van der Waals surface area (Å²) in [7, 11) is -0.449. The molecule has 14 heteroatoms. The molecule has 0 spiro atoms. The minimum absolute atomic E-state index is 0.000438. The minimum atomic E-state index is -2.17. The van der Waals surface area contributed by atoms with Crippen molar-refractivity contribution in [2.45, 2.75) is 51.7 Å². The molecule has 214 valence electrons. The Kier molecular flexibility index (Phi) is 9.75. The normalized spacial score (nSPS) is 21.9. The summed E-state index contributed by atoms with van der Waals surface area (Å²) in [6, 6.07) is 7.13. The second-order valence-corrected chi connectivity index (χ2v) is 11.7. The van der Waals surface area contributed by atoms with Crippen molar-refractivity contribution in [2.75, 3.05) is 31.2 Å². The third kappa shape index (κ3) is 8.44. The number of nitrogens with one attached hydrogen (secondary N) is 2. The Hall–Kier alpha value is -4.12. The SMILES string of the molecule is CN1CCCC/N=[SH](=O)/C[C@@](C)(c2nc(NC(=O)c3ccc(C#N)cn3)ccc2F)/N=C\1NC(=O)OC(C)(C)C. The lowest BCUT2D eigenvalue weighted by Gasteiger charge is -2.29. The number of carbonyl (C=O) groups excluding carboxylic acids is 2. The lowest BCUT2D eigenvalue weighted by molar-refractivity contribution is 0.0556. The number of aromatic nitrogens is 2. The molecule has 2 aromatic heterocycles. The molecule has 2 atom stereocenters. The molecule has 1 unspecified atom stereocenters. The van der Waals surface area contributed by atoms with Gasteiger partial charge in [0.25, 0.3) is 5.91 Å². The van der Waals surface area contributed by atoms with Crippen LogP contribution in [0.25, 0.3) is 0 Å². The van der Waals surface area contributed by atoms with E-state index in [-0.39, 0.29) is 34.5 Å². The molecule has 1 aliphatic heterocycles. The Balaban J connectivity index is 2.04. The second kappa shape index (κ2) is 12.8. The molecule has 0 saturated heterocycles. The van der Waals surface area contributed by atoms with Gasteiger partial charge in [0, 0.05) is 36.9 Å². The van der Waals surface area contributed by atoms with Gasteiger partial charge in [-0.25, -0.2) is 28.5 Å². The van der Waals surface area contributed by atoms with Crippen LogP contribution in [0.15, 0.2) is 39.8 Å². The summed E-state index contributed by atoms with van der Waals surface area (Å²) in [6.07, 6.45) is 1.85. The zero-order valence-electron chi connectivity index (χ0n) is 23.1. The van der Waals surface area contributed by atoms with Gasteiger partial charge in [-0.1, -0.05) is 0 Å². The standard InChI is InChI=1S/C26H33FN8O4S/c1-25(2,3)39-24(37)33-23-34-26(4,16-40(38)30-12-6-7-13-35(23)5)21-18(27)9-11-20(31-21)32-22(36)19-10-8-17(14-28)15-29-19/h8-11,15,40H,6-7,12-13,16H2,1-5H3,(H,31,32,36)(H,33,34,37)/t26-/m0/s1. The number of anilines is 1. The van der Waals surface area contributed by atoms with E-state index in [1.165, 1.54) is 31.3 Å². The Labute approximate surface area is 234 Å². The van der Waals surface area contributed by atoms with Crippen LogP contribution < -0.4 is 10.6 Å². The molecule has 1 aliphatic rings. The topological polar surface area (TPSA) is 162 Å². The smallest absolute Gasteiger partial charge is 0.414 e. The van der Waals surface area contributed by atoms with Gasteiger partial charge in [-0.05, 0) is 64.8 Å². The van der Waals surface area contributed by atoms with E-state index >= 15 is 4.39 Å². The molecule has 0 radical (unpaired) electrons. The van der Waals surface area contributed by atoms with E-state index < -0.39 is 39.6 Å². The molecule has 0 aliphatic carbocycles.